The predicted molar refractivity (Wildman–Crippen MR) is 185 cm³/mol. The smallest absolute Gasteiger partial charge is 0.264 e. The number of anilines is 1. The Hall–Kier alpha value is -3.31. The third kappa shape index (κ3) is 6.54. The topological polar surface area (TPSA) is 124 Å². The first-order valence-corrected chi connectivity index (χ1v) is 16.1. The molecule has 8 nitrogen and oxygen atoms in total. The van der Waals surface area contributed by atoms with Crippen LogP contribution < -0.4 is 14.8 Å². The van der Waals surface area contributed by atoms with Crippen LogP contribution in [0.15, 0.2) is 88.2 Å². The molecule has 44 heavy (non-hydrogen) atoms. The van der Waals surface area contributed by atoms with Crippen molar-refractivity contribution in [3.8, 4) is 5.75 Å². The number of benzene rings is 4. The second kappa shape index (κ2) is 13.4. The molecule has 4 aromatic rings. The number of piperidine rings is 1. The van der Waals surface area contributed by atoms with E-state index in [0.29, 0.717) is 23.5 Å². The number of ether oxygens (including phenoxy) is 1. The molecular weight excluding hydrogens is 685 g/mol. The minimum absolute atomic E-state index is 0. The van der Waals surface area contributed by atoms with Gasteiger partial charge in [-0.2, -0.15) is 0 Å². The van der Waals surface area contributed by atoms with Gasteiger partial charge in [-0.25, -0.2) is 8.42 Å². The second-order valence-corrected chi connectivity index (χ2v) is 13.6. The Labute approximate surface area is 278 Å². The van der Waals surface area contributed by atoms with E-state index in [1.54, 1.807) is 24.3 Å². The third-order valence-corrected chi connectivity index (χ3v) is 10.5. The number of sulfonamides is 1. The largest absolute Gasteiger partial charge is 0.490 e. The van der Waals surface area contributed by atoms with Crippen LogP contribution in [0.2, 0.25) is 0 Å². The molecule has 0 bridgehead atoms. The van der Waals surface area contributed by atoms with Gasteiger partial charge in [0.2, 0.25) is 0 Å². The zero-order valence-corrected chi connectivity index (χ0v) is 28.0. The van der Waals surface area contributed by atoms with Crippen molar-refractivity contribution in [2.24, 2.45) is 5.73 Å². The van der Waals surface area contributed by atoms with Gasteiger partial charge in [-0.3, -0.25) is 15.1 Å². The predicted octanol–water partition coefficient (Wildman–Crippen LogP) is 7.06. The molecule has 1 unspecified atom stereocenters. The first-order chi connectivity index (χ1) is 20.1. The molecule has 0 aliphatic carbocycles. The molecule has 0 aromatic heterocycles. The maximum atomic E-state index is 14.2. The molecule has 4 aromatic carbocycles. The van der Waals surface area contributed by atoms with Crippen molar-refractivity contribution in [2.45, 2.75) is 43.2 Å². The Kier molecular flexibility index (Phi) is 10.2. The molecule has 0 saturated carbocycles. The van der Waals surface area contributed by atoms with Crippen molar-refractivity contribution in [2.75, 3.05) is 17.4 Å². The highest BCUT2D eigenvalue weighted by Gasteiger charge is 2.40. The number of amidine groups is 2. The number of nitrogens with one attached hydrogen (secondary N) is 2. The Morgan fingerprint density at radius 1 is 0.909 bits per heavy atom. The van der Waals surface area contributed by atoms with Crippen molar-refractivity contribution in [3.63, 3.8) is 0 Å². The number of nitrogens with two attached hydrogens (primary N) is 1. The Bertz CT molecular complexity index is 1810. The van der Waals surface area contributed by atoms with Crippen LogP contribution in [0, 0.1) is 10.8 Å². The van der Waals surface area contributed by atoms with Gasteiger partial charge in [-0.1, -0.05) is 40.2 Å². The Morgan fingerprint density at radius 2 is 1.59 bits per heavy atom. The summed E-state index contributed by atoms with van der Waals surface area (Å²) in [4.78, 5) is 2.28. The van der Waals surface area contributed by atoms with E-state index >= 15 is 0 Å². The van der Waals surface area contributed by atoms with Crippen LogP contribution in [0.1, 0.15) is 42.5 Å². The molecule has 232 valence electrons. The summed E-state index contributed by atoms with van der Waals surface area (Å²) in [6.45, 7) is 3.39. The summed E-state index contributed by atoms with van der Waals surface area (Å²) < 4.78 is 37.1. The van der Waals surface area contributed by atoms with Crippen LogP contribution in [0.5, 0.6) is 5.75 Å². The van der Waals surface area contributed by atoms with Crippen LogP contribution in [0.4, 0.5) is 5.69 Å². The van der Waals surface area contributed by atoms with Gasteiger partial charge in [0.1, 0.15) is 17.7 Å². The van der Waals surface area contributed by atoms with Gasteiger partial charge in [0.05, 0.1) is 22.5 Å². The Morgan fingerprint density at radius 3 is 2.25 bits per heavy atom. The van der Waals surface area contributed by atoms with E-state index in [4.69, 9.17) is 21.3 Å². The summed E-state index contributed by atoms with van der Waals surface area (Å²) in [5.41, 5.74) is 8.77. The number of nitrogen functional groups attached to an aromatic ring is 1. The van der Waals surface area contributed by atoms with Gasteiger partial charge < -0.3 is 15.4 Å². The molecule has 1 saturated heterocycles. The normalized spacial score (nSPS) is 16.5. The lowest BCUT2D eigenvalue weighted by Gasteiger charge is -2.33. The average Bonchev–Trinajstić information content (AvgIpc) is 3.37. The SMILES string of the molecule is CC(=N)N1CCC(Oc2ccc3c(c2)CC(c2ccc4ccc(C(=N)N)cc4c2)N3S(=O)(=O)c2ccc(Br)cc2)CC1.Cl.Cl. The highest BCUT2D eigenvalue weighted by Crippen LogP contribution is 2.46. The van der Waals surface area contributed by atoms with E-state index in [1.807, 2.05) is 61.5 Å². The van der Waals surface area contributed by atoms with Crippen LogP contribution in [-0.2, 0) is 16.4 Å². The van der Waals surface area contributed by atoms with E-state index in [1.165, 1.54) is 4.31 Å². The van der Waals surface area contributed by atoms with Crippen LogP contribution in [-0.4, -0.2) is 44.2 Å². The van der Waals surface area contributed by atoms with Crippen molar-refractivity contribution < 1.29 is 13.2 Å². The number of hydrogen-bond donors (Lipinski definition) is 3. The zero-order valence-electron chi connectivity index (χ0n) is 24.0. The van der Waals surface area contributed by atoms with Crippen molar-refractivity contribution in [3.05, 3.63) is 100 Å². The highest BCUT2D eigenvalue weighted by molar-refractivity contribution is 9.10. The van der Waals surface area contributed by atoms with Gasteiger partial charge in [-0.15, -0.1) is 24.8 Å². The highest BCUT2D eigenvalue weighted by atomic mass is 79.9. The molecule has 2 aliphatic heterocycles. The number of halogens is 3. The molecule has 0 spiro atoms. The van der Waals surface area contributed by atoms with E-state index in [2.05, 4.69) is 20.8 Å². The number of nitrogens with zero attached hydrogens (tertiary/aromatic N) is 2. The number of fused-ring (bicyclic) bond motifs is 2. The quantitative estimate of drug-likeness (QED) is 0.146. The lowest BCUT2D eigenvalue weighted by atomic mass is 9.98. The van der Waals surface area contributed by atoms with E-state index < -0.39 is 16.1 Å². The summed E-state index contributed by atoms with van der Waals surface area (Å²) in [6, 6.07) is 23.5. The third-order valence-electron chi connectivity index (χ3n) is 8.13. The molecule has 2 aliphatic rings. The fourth-order valence-corrected chi connectivity index (χ4v) is 7.82. The van der Waals surface area contributed by atoms with E-state index in [-0.39, 0.29) is 41.6 Å². The minimum Gasteiger partial charge on any atom is -0.490 e. The fourth-order valence-electron chi connectivity index (χ4n) is 5.88. The van der Waals surface area contributed by atoms with Gasteiger partial charge in [0, 0.05) is 42.4 Å². The van der Waals surface area contributed by atoms with Gasteiger partial charge in [0.25, 0.3) is 10.0 Å². The van der Waals surface area contributed by atoms with Gasteiger partial charge in [-0.05, 0) is 83.4 Å². The first kappa shape index (κ1) is 33.6. The fraction of sp³-hybridized carbons (Fsp3) is 0.250. The van der Waals surface area contributed by atoms with E-state index in [0.717, 1.165) is 58.1 Å². The summed E-state index contributed by atoms with van der Waals surface area (Å²) in [5.74, 6) is 1.29. The monoisotopic (exact) mass is 717 g/mol. The summed E-state index contributed by atoms with van der Waals surface area (Å²) in [6.07, 6.45) is 2.21. The van der Waals surface area contributed by atoms with Crippen molar-refractivity contribution >= 4 is 78.9 Å². The number of hydrogen-bond acceptors (Lipinski definition) is 5. The maximum absolute atomic E-state index is 14.2. The summed E-state index contributed by atoms with van der Waals surface area (Å²) in [7, 11) is -3.90. The van der Waals surface area contributed by atoms with Crippen LogP contribution >= 0.6 is 40.7 Å². The Balaban J connectivity index is 0.00000221. The molecule has 1 fully saturated rings. The second-order valence-electron chi connectivity index (χ2n) is 10.9. The zero-order chi connectivity index (χ0) is 29.6. The molecule has 1 atom stereocenters. The minimum atomic E-state index is -3.90. The van der Waals surface area contributed by atoms with Crippen molar-refractivity contribution in [1.82, 2.24) is 4.90 Å². The van der Waals surface area contributed by atoms with Crippen LogP contribution in [0.25, 0.3) is 10.8 Å². The summed E-state index contributed by atoms with van der Waals surface area (Å²) in [5, 5.41) is 17.6. The lowest BCUT2D eigenvalue weighted by molar-refractivity contribution is 0.130. The van der Waals surface area contributed by atoms with Crippen LogP contribution in [0.3, 0.4) is 0 Å². The maximum Gasteiger partial charge on any atom is 0.264 e. The lowest BCUT2D eigenvalue weighted by Crippen LogP contribution is -2.40. The van der Waals surface area contributed by atoms with Gasteiger partial charge >= 0.3 is 0 Å². The standard InChI is InChI=1S/C32H32BrN5O3S.2ClH/c1-20(34)37-14-12-27(13-15-37)41-28-8-11-30-25(18-28)19-31(38(30)42(39,40)29-9-6-26(33)7-10-29)22-4-2-21-3-5-23(32(35)36)17-24(21)16-22;;/h2-11,16-18,27,31,34H,12-15,19H2,1H3,(H3,35,36);2*1H. The van der Waals surface area contributed by atoms with E-state index in [9.17, 15) is 8.42 Å². The molecule has 6 rings (SSSR count). The number of rotatable bonds is 6. The first-order valence-electron chi connectivity index (χ1n) is 13.9. The van der Waals surface area contributed by atoms with Gasteiger partial charge in [0.15, 0.2) is 0 Å². The summed E-state index contributed by atoms with van der Waals surface area (Å²) >= 11 is 3.41. The molecular formula is C32H34BrCl2N5O3S. The molecule has 4 N–H and O–H groups in total. The number of likely N-dealkylation sites (tertiary alicyclic amines) is 1. The molecule has 12 heteroatoms. The molecule has 2 heterocycles. The average molecular weight is 720 g/mol. The van der Waals surface area contributed by atoms with Crippen molar-refractivity contribution in [1.29, 1.82) is 10.8 Å². The molecule has 0 amide bonds. The molecule has 0 radical (unpaired) electrons.